The zero-order valence-corrected chi connectivity index (χ0v) is 14.5. The molecule has 0 spiro atoms. The zero-order valence-electron chi connectivity index (χ0n) is 14.5. The number of aromatic nitrogens is 2. The summed E-state index contributed by atoms with van der Waals surface area (Å²) >= 11 is 0. The molecule has 1 aromatic heterocycles. The smallest absolute Gasteiger partial charge is 0.347 e. The predicted molar refractivity (Wildman–Crippen MR) is 87.3 cm³/mol. The molecule has 0 saturated carbocycles. The van der Waals surface area contributed by atoms with Gasteiger partial charge in [-0.05, 0) is 18.2 Å². The van der Waals surface area contributed by atoms with Gasteiger partial charge in [-0.2, -0.15) is 13.2 Å². The third-order valence-corrected chi connectivity index (χ3v) is 4.28. The first-order valence-corrected chi connectivity index (χ1v) is 7.92. The van der Waals surface area contributed by atoms with E-state index in [1.54, 1.807) is 11.6 Å². The minimum atomic E-state index is -4.47. The van der Waals surface area contributed by atoms with Crippen LogP contribution in [0.15, 0.2) is 18.2 Å². The van der Waals surface area contributed by atoms with E-state index in [4.69, 9.17) is 0 Å². The van der Waals surface area contributed by atoms with Crippen molar-refractivity contribution in [3.63, 3.8) is 0 Å². The molecule has 1 aliphatic rings. The summed E-state index contributed by atoms with van der Waals surface area (Å²) in [5.74, 6) is -0.705. The molecule has 1 fully saturated rings. The summed E-state index contributed by atoms with van der Waals surface area (Å²) in [5.41, 5.74) is -0.166. The van der Waals surface area contributed by atoms with Crippen molar-refractivity contribution in [2.45, 2.75) is 12.7 Å². The number of fused-ring (bicyclic) bond motifs is 1. The molecular formula is C16H16F3N5O3. The third kappa shape index (κ3) is 3.57. The number of benzene rings is 1. The number of hydrogen-bond acceptors (Lipinski definition) is 4. The molecule has 4 amide bonds. The van der Waals surface area contributed by atoms with Gasteiger partial charge in [0.15, 0.2) is 0 Å². The Morgan fingerprint density at radius 2 is 1.96 bits per heavy atom. The van der Waals surface area contributed by atoms with Crippen molar-refractivity contribution in [2.75, 3.05) is 20.1 Å². The number of imidazole rings is 1. The van der Waals surface area contributed by atoms with Gasteiger partial charge in [0.05, 0.1) is 23.1 Å². The molecule has 27 heavy (non-hydrogen) atoms. The van der Waals surface area contributed by atoms with E-state index in [0.717, 1.165) is 17.0 Å². The van der Waals surface area contributed by atoms with Crippen LogP contribution in [0.3, 0.4) is 0 Å². The van der Waals surface area contributed by atoms with Crippen LogP contribution in [0.4, 0.5) is 18.0 Å². The van der Waals surface area contributed by atoms with Gasteiger partial charge in [0.2, 0.25) is 5.91 Å². The van der Waals surface area contributed by atoms with Crippen LogP contribution in [0.1, 0.15) is 11.4 Å². The second kappa shape index (κ2) is 6.56. The molecule has 1 aromatic carbocycles. The van der Waals surface area contributed by atoms with Crippen molar-refractivity contribution < 1.29 is 27.6 Å². The maximum atomic E-state index is 12.8. The first kappa shape index (κ1) is 18.7. The van der Waals surface area contributed by atoms with Crippen molar-refractivity contribution in [1.29, 1.82) is 0 Å². The lowest BCUT2D eigenvalue weighted by atomic mass is 10.2. The number of halogens is 3. The highest BCUT2D eigenvalue weighted by molar-refractivity contribution is 6.04. The molecule has 11 heteroatoms. The lowest BCUT2D eigenvalue weighted by Gasteiger charge is -2.13. The van der Waals surface area contributed by atoms with Gasteiger partial charge in [-0.3, -0.25) is 14.5 Å². The maximum absolute atomic E-state index is 12.8. The Labute approximate surface area is 151 Å². The van der Waals surface area contributed by atoms with E-state index in [2.05, 4.69) is 10.3 Å². The van der Waals surface area contributed by atoms with Crippen LogP contribution >= 0.6 is 0 Å². The SMILES string of the molecule is CN1CC(=O)N(CC(=O)NCc2nc3cc(C(F)(F)F)ccc3n2C)C1=O. The highest BCUT2D eigenvalue weighted by atomic mass is 19.4. The zero-order chi connectivity index (χ0) is 19.9. The van der Waals surface area contributed by atoms with Gasteiger partial charge in [-0.15, -0.1) is 0 Å². The Bertz CT molecular complexity index is 937. The minimum Gasteiger partial charge on any atom is -0.347 e. The molecule has 2 aromatic rings. The molecule has 0 atom stereocenters. The molecule has 0 radical (unpaired) electrons. The third-order valence-electron chi connectivity index (χ3n) is 4.28. The fourth-order valence-corrected chi connectivity index (χ4v) is 2.79. The van der Waals surface area contributed by atoms with Gasteiger partial charge >= 0.3 is 12.2 Å². The Hall–Kier alpha value is -3.11. The molecule has 144 valence electrons. The van der Waals surface area contributed by atoms with Gasteiger partial charge < -0.3 is 14.8 Å². The van der Waals surface area contributed by atoms with E-state index >= 15 is 0 Å². The standard InChI is InChI=1S/C16H16F3N5O3/c1-22-8-14(26)24(15(22)27)7-13(25)20-6-12-21-10-5-9(16(17,18)19)3-4-11(10)23(12)2/h3-5H,6-8H2,1-2H3,(H,20,25). The monoisotopic (exact) mass is 383 g/mol. The first-order valence-electron chi connectivity index (χ1n) is 7.92. The van der Waals surface area contributed by atoms with Crippen LogP contribution in [0.25, 0.3) is 11.0 Å². The lowest BCUT2D eigenvalue weighted by molar-refractivity contribution is -0.137. The van der Waals surface area contributed by atoms with Crippen molar-refractivity contribution in [3.05, 3.63) is 29.6 Å². The number of aryl methyl sites for hydroxylation is 1. The van der Waals surface area contributed by atoms with E-state index in [-0.39, 0.29) is 18.6 Å². The average molecular weight is 383 g/mol. The van der Waals surface area contributed by atoms with Crippen LogP contribution in [-0.2, 0) is 29.4 Å². The molecule has 3 rings (SSSR count). The fraction of sp³-hybridized carbons (Fsp3) is 0.375. The summed E-state index contributed by atoms with van der Waals surface area (Å²) in [6, 6.07) is 2.66. The summed E-state index contributed by atoms with van der Waals surface area (Å²) in [7, 11) is 3.07. The second-order valence-corrected chi connectivity index (χ2v) is 6.18. The number of rotatable bonds is 4. The van der Waals surface area contributed by atoms with Crippen molar-refractivity contribution >= 4 is 28.9 Å². The van der Waals surface area contributed by atoms with Gasteiger partial charge in [-0.25, -0.2) is 9.78 Å². The lowest BCUT2D eigenvalue weighted by Crippen LogP contribution is -2.41. The summed E-state index contributed by atoms with van der Waals surface area (Å²) in [4.78, 5) is 41.6. The molecule has 0 aliphatic carbocycles. The van der Waals surface area contributed by atoms with E-state index in [1.807, 2.05) is 0 Å². The van der Waals surface area contributed by atoms with Crippen molar-refractivity contribution in [3.8, 4) is 0 Å². The van der Waals surface area contributed by atoms with Gasteiger partial charge in [0.1, 0.15) is 18.9 Å². The van der Waals surface area contributed by atoms with Crippen LogP contribution < -0.4 is 5.32 Å². The van der Waals surface area contributed by atoms with Gasteiger partial charge in [0.25, 0.3) is 5.91 Å². The molecule has 8 nitrogen and oxygen atoms in total. The summed E-state index contributed by atoms with van der Waals surface area (Å²) in [5, 5.41) is 2.52. The molecule has 1 saturated heterocycles. The molecule has 1 N–H and O–H groups in total. The van der Waals surface area contributed by atoms with Crippen LogP contribution in [-0.4, -0.2) is 57.3 Å². The molecule has 1 aliphatic heterocycles. The molecule has 2 heterocycles. The summed E-state index contributed by atoms with van der Waals surface area (Å²) in [6.45, 7) is -0.569. The topological polar surface area (TPSA) is 87.5 Å². The van der Waals surface area contributed by atoms with Crippen LogP contribution in [0, 0.1) is 0 Å². The number of amides is 4. The Kier molecular flexibility index (Phi) is 4.54. The predicted octanol–water partition coefficient (Wildman–Crippen LogP) is 1.10. The summed E-state index contributed by atoms with van der Waals surface area (Å²) < 4.78 is 40.0. The van der Waals surface area contributed by atoms with Crippen LogP contribution in [0.2, 0.25) is 0 Å². The number of likely N-dealkylation sites (N-methyl/N-ethyl adjacent to an activating group) is 1. The quantitative estimate of drug-likeness (QED) is 0.801. The number of nitrogens with one attached hydrogen (secondary N) is 1. The van der Waals surface area contributed by atoms with E-state index in [9.17, 15) is 27.6 Å². The van der Waals surface area contributed by atoms with E-state index in [1.165, 1.54) is 18.0 Å². The number of alkyl halides is 3. The Balaban J connectivity index is 1.70. The number of imide groups is 1. The fourth-order valence-electron chi connectivity index (χ4n) is 2.79. The Morgan fingerprint density at radius 1 is 1.26 bits per heavy atom. The molecule has 0 bridgehead atoms. The van der Waals surface area contributed by atoms with E-state index in [0.29, 0.717) is 11.3 Å². The first-order chi connectivity index (χ1) is 12.6. The highest BCUT2D eigenvalue weighted by Gasteiger charge is 2.35. The number of nitrogens with zero attached hydrogens (tertiary/aromatic N) is 4. The van der Waals surface area contributed by atoms with Crippen LogP contribution in [0.5, 0.6) is 0 Å². The normalized spacial score (nSPS) is 15.1. The van der Waals surface area contributed by atoms with E-state index < -0.39 is 36.1 Å². The largest absolute Gasteiger partial charge is 0.416 e. The van der Waals surface area contributed by atoms with Gasteiger partial charge in [0, 0.05) is 14.1 Å². The highest BCUT2D eigenvalue weighted by Crippen LogP contribution is 2.31. The average Bonchev–Trinajstić information content (AvgIpc) is 3.03. The van der Waals surface area contributed by atoms with Gasteiger partial charge in [-0.1, -0.05) is 0 Å². The second-order valence-electron chi connectivity index (χ2n) is 6.18. The molecular weight excluding hydrogens is 367 g/mol. The number of carbonyl (C=O) groups excluding carboxylic acids is 3. The van der Waals surface area contributed by atoms with Crippen molar-refractivity contribution in [1.82, 2.24) is 24.7 Å². The Morgan fingerprint density at radius 3 is 2.56 bits per heavy atom. The number of hydrogen-bond donors (Lipinski definition) is 1. The maximum Gasteiger partial charge on any atom is 0.416 e. The van der Waals surface area contributed by atoms with Crippen molar-refractivity contribution in [2.24, 2.45) is 7.05 Å². The summed E-state index contributed by atoms with van der Waals surface area (Å²) in [6.07, 6.45) is -4.47. The minimum absolute atomic E-state index is 0.0581. The number of urea groups is 1. The molecule has 0 unspecified atom stereocenters. The number of carbonyl (C=O) groups is 3.